The van der Waals surface area contributed by atoms with Gasteiger partial charge in [-0.25, -0.2) is 4.89 Å². The summed E-state index contributed by atoms with van der Waals surface area (Å²) in [6, 6.07) is 0. The molecule has 17 heavy (non-hydrogen) atoms. The number of rotatable bonds is 3. The summed E-state index contributed by atoms with van der Waals surface area (Å²) in [4.78, 5) is 16.1. The minimum atomic E-state index is -0.934. The van der Waals surface area contributed by atoms with Crippen LogP contribution in [0.2, 0.25) is 0 Å². The van der Waals surface area contributed by atoms with Crippen LogP contribution < -0.4 is 0 Å². The van der Waals surface area contributed by atoms with E-state index in [2.05, 4.69) is 6.58 Å². The van der Waals surface area contributed by atoms with Gasteiger partial charge in [0.1, 0.15) is 0 Å². The highest BCUT2D eigenvalue weighted by Crippen LogP contribution is 2.52. The van der Waals surface area contributed by atoms with Crippen LogP contribution in [0, 0.1) is 5.41 Å². The number of carbonyl (C=O) groups is 1. The SMILES string of the molecule is C=C1CCCC(C)(C)C1(OO)C(C)=CC(C)=O. The van der Waals surface area contributed by atoms with Crippen LogP contribution in [0.25, 0.3) is 0 Å². The van der Waals surface area contributed by atoms with E-state index in [-0.39, 0.29) is 11.2 Å². The van der Waals surface area contributed by atoms with Crippen molar-refractivity contribution >= 4 is 5.78 Å². The fraction of sp³-hybridized carbons (Fsp3) is 0.643. The number of hydrogen-bond donors (Lipinski definition) is 1. The first-order valence-corrected chi connectivity index (χ1v) is 5.98. The van der Waals surface area contributed by atoms with Crippen molar-refractivity contribution in [1.82, 2.24) is 0 Å². The second kappa shape index (κ2) is 4.75. The van der Waals surface area contributed by atoms with Crippen molar-refractivity contribution in [3.05, 3.63) is 23.8 Å². The molecule has 0 aliphatic heterocycles. The predicted octanol–water partition coefficient (Wildman–Crippen LogP) is 3.52. The number of hydrogen-bond acceptors (Lipinski definition) is 3. The van der Waals surface area contributed by atoms with Crippen molar-refractivity contribution in [3.8, 4) is 0 Å². The van der Waals surface area contributed by atoms with Gasteiger partial charge >= 0.3 is 0 Å². The molecule has 0 aromatic carbocycles. The van der Waals surface area contributed by atoms with Gasteiger partial charge in [0.05, 0.1) is 0 Å². The molecule has 0 aromatic rings. The van der Waals surface area contributed by atoms with Crippen LogP contribution in [0.5, 0.6) is 0 Å². The Morgan fingerprint density at radius 2 is 2.06 bits per heavy atom. The zero-order valence-corrected chi connectivity index (χ0v) is 11.2. The molecule has 1 aliphatic carbocycles. The molecule has 0 radical (unpaired) electrons. The fourth-order valence-corrected chi connectivity index (χ4v) is 3.05. The molecule has 1 fully saturated rings. The summed E-state index contributed by atoms with van der Waals surface area (Å²) in [5, 5.41) is 9.42. The zero-order chi connectivity index (χ0) is 13.3. The van der Waals surface area contributed by atoms with E-state index >= 15 is 0 Å². The Morgan fingerprint density at radius 1 is 1.47 bits per heavy atom. The molecule has 0 saturated heterocycles. The van der Waals surface area contributed by atoms with Crippen molar-refractivity contribution in [2.24, 2.45) is 5.41 Å². The van der Waals surface area contributed by atoms with Crippen LogP contribution in [0.4, 0.5) is 0 Å². The van der Waals surface area contributed by atoms with E-state index in [4.69, 9.17) is 4.89 Å². The predicted molar refractivity (Wildman–Crippen MR) is 67.7 cm³/mol. The van der Waals surface area contributed by atoms with Gasteiger partial charge in [0.2, 0.25) is 0 Å². The lowest BCUT2D eigenvalue weighted by Gasteiger charge is -2.49. The number of carbonyl (C=O) groups excluding carboxylic acids is 1. The number of ketones is 1. The van der Waals surface area contributed by atoms with Crippen molar-refractivity contribution < 1.29 is 14.9 Å². The fourth-order valence-electron chi connectivity index (χ4n) is 3.05. The van der Waals surface area contributed by atoms with Gasteiger partial charge in [0.15, 0.2) is 11.4 Å². The molecule has 0 heterocycles. The van der Waals surface area contributed by atoms with Crippen molar-refractivity contribution in [1.29, 1.82) is 0 Å². The van der Waals surface area contributed by atoms with Crippen LogP contribution in [-0.2, 0) is 9.68 Å². The Kier molecular flexibility index (Phi) is 3.95. The summed E-state index contributed by atoms with van der Waals surface area (Å²) in [7, 11) is 0. The molecule has 1 aliphatic rings. The maximum atomic E-state index is 11.2. The lowest BCUT2D eigenvalue weighted by Crippen LogP contribution is -2.51. The van der Waals surface area contributed by atoms with E-state index < -0.39 is 5.60 Å². The molecule has 96 valence electrons. The summed E-state index contributed by atoms with van der Waals surface area (Å²) < 4.78 is 0. The molecule has 1 atom stereocenters. The molecule has 0 aromatic heterocycles. The molecule has 3 heteroatoms. The molecule has 0 amide bonds. The second-order valence-corrected chi connectivity index (χ2v) is 5.55. The monoisotopic (exact) mass is 238 g/mol. The molecular formula is C14H22O3. The smallest absolute Gasteiger partial charge is 0.152 e. The zero-order valence-electron chi connectivity index (χ0n) is 11.2. The van der Waals surface area contributed by atoms with Gasteiger partial charge in [-0.15, -0.1) is 0 Å². The van der Waals surface area contributed by atoms with Gasteiger partial charge in [-0.05, 0) is 50.3 Å². The van der Waals surface area contributed by atoms with E-state index in [1.807, 2.05) is 20.8 Å². The van der Waals surface area contributed by atoms with Crippen LogP contribution in [0.1, 0.15) is 47.0 Å². The summed E-state index contributed by atoms with van der Waals surface area (Å²) >= 11 is 0. The summed E-state index contributed by atoms with van der Waals surface area (Å²) in [5.41, 5.74) is 0.359. The Bertz CT molecular complexity index is 366. The molecule has 0 bridgehead atoms. The minimum Gasteiger partial charge on any atom is -0.295 e. The van der Waals surface area contributed by atoms with Crippen molar-refractivity contribution in [2.45, 2.75) is 52.6 Å². The summed E-state index contributed by atoms with van der Waals surface area (Å²) in [6.07, 6.45) is 4.29. The molecular weight excluding hydrogens is 216 g/mol. The standard InChI is InChI=1S/C14H22O3/c1-10-7-6-8-13(4,5)14(10,17-16)11(2)9-12(3)15/h9,16H,1,6-8H2,2-5H3. The van der Waals surface area contributed by atoms with Gasteiger partial charge in [-0.2, -0.15) is 0 Å². The Morgan fingerprint density at radius 3 is 2.47 bits per heavy atom. The lowest BCUT2D eigenvalue weighted by atomic mass is 9.60. The topological polar surface area (TPSA) is 46.5 Å². The molecule has 1 rings (SSSR count). The Balaban J connectivity index is 3.32. The molecule has 1 saturated carbocycles. The van der Waals surface area contributed by atoms with E-state index in [0.717, 1.165) is 30.4 Å². The first-order chi connectivity index (χ1) is 7.78. The Hall–Kier alpha value is -0.930. The molecule has 0 spiro atoms. The average molecular weight is 238 g/mol. The summed E-state index contributed by atoms with van der Waals surface area (Å²) in [6.45, 7) is 11.4. The van der Waals surface area contributed by atoms with Crippen molar-refractivity contribution in [3.63, 3.8) is 0 Å². The van der Waals surface area contributed by atoms with Crippen LogP contribution in [-0.4, -0.2) is 16.6 Å². The normalized spacial score (nSPS) is 29.2. The maximum Gasteiger partial charge on any atom is 0.152 e. The van der Waals surface area contributed by atoms with Crippen LogP contribution in [0.3, 0.4) is 0 Å². The lowest BCUT2D eigenvalue weighted by molar-refractivity contribution is -0.328. The van der Waals surface area contributed by atoms with E-state index in [1.165, 1.54) is 13.0 Å². The van der Waals surface area contributed by atoms with E-state index in [0.29, 0.717) is 0 Å². The quantitative estimate of drug-likeness (QED) is 0.354. The van der Waals surface area contributed by atoms with Crippen LogP contribution >= 0.6 is 0 Å². The molecule has 1 N–H and O–H groups in total. The molecule has 1 unspecified atom stereocenters. The average Bonchev–Trinajstić information content (AvgIpc) is 2.16. The highest BCUT2D eigenvalue weighted by atomic mass is 17.1. The van der Waals surface area contributed by atoms with Gasteiger partial charge in [0, 0.05) is 5.41 Å². The van der Waals surface area contributed by atoms with Crippen LogP contribution in [0.15, 0.2) is 23.8 Å². The first-order valence-electron chi connectivity index (χ1n) is 5.98. The van der Waals surface area contributed by atoms with E-state index in [9.17, 15) is 10.1 Å². The Labute approximate surface area is 103 Å². The minimum absolute atomic E-state index is 0.0481. The third-order valence-electron chi connectivity index (χ3n) is 3.84. The summed E-state index contributed by atoms with van der Waals surface area (Å²) in [5.74, 6) is -0.0481. The largest absolute Gasteiger partial charge is 0.295 e. The number of allylic oxidation sites excluding steroid dienone is 1. The van der Waals surface area contributed by atoms with E-state index in [1.54, 1.807) is 0 Å². The van der Waals surface area contributed by atoms with Gasteiger partial charge in [0.25, 0.3) is 0 Å². The molecule has 3 nitrogen and oxygen atoms in total. The third-order valence-corrected chi connectivity index (χ3v) is 3.84. The first kappa shape index (κ1) is 14.1. The third kappa shape index (κ3) is 2.22. The highest BCUT2D eigenvalue weighted by Gasteiger charge is 2.52. The second-order valence-electron chi connectivity index (χ2n) is 5.55. The van der Waals surface area contributed by atoms with Gasteiger partial charge in [-0.1, -0.05) is 20.4 Å². The van der Waals surface area contributed by atoms with Crippen molar-refractivity contribution in [2.75, 3.05) is 0 Å². The van der Waals surface area contributed by atoms with Gasteiger partial charge in [-0.3, -0.25) is 10.1 Å². The maximum absolute atomic E-state index is 11.2. The highest BCUT2D eigenvalue weighted by molar-refractivity contribution is 5.88. The van der Waals surface area contributed by atoms with Gasteiger partial charge < -0.3 is 0 Å².